The highest BCUT2D eigenvalue weighted by atomic mass is 15.2. The molecule has 0 fully saturated rings. The molecule has 2 aliphatic heterocycles. The molecule has 2 atom stereocenters. The quantitative estimate of drug-likeness (QED) is 0.173. The Morgan fingerprint density at radius 2 is 1.23 bits per heavy atom. The van der Waals surface area contributed by atoms with Crippen LogP contribution >= 0.6 is 0 Å². The van der Waals surface area contributed by atoms with Crippen LogP contribution in [0, 0.1) is 0 Å². The lowest BCUT2D eigenvalue weighted by molar-refractivity contribution is 0.590. The van der Waals surface area contributed by atoms with E-state index in [0.29, 0.717) is 5.82 Å². The van der Waals surface area contributed by atoms with Crippen molar-refractivity contribution < 1.29 is 0 Å². The van der Waals surface area contributed by atoms with E-state index in [1.165, 1.54) is 72.9 Å². The van der Waals surface area contributed by atoms with E-state index in [1.54, 1.807) is 5.47 Å². The normalized spacial score (nSPS) is 19.6. The summed E-state index contributed by atoms with van der Waals surface area (Å²) in [7, 11) is 0. The molecule has 2 unspecified atom stereocenters. The predicted octanol–water partition coefficient (Wildman–Crippen LogP) is 12.5. The summed E-state index contributed by atoms with van der Waals surface area (Å²) in [6, 6.07) is 46.3. The first-order valence-corrected chi connectivity index (χ1v) is 19.5. The third-order valence-electron chi connectivity index (χ3n) is 12.5. The van der Waals surface area contributed by atoms with Crippen molar-refractivity contribution in [2.75, 3.05) is 9.80 Å². The van der Waals surface area contributed by atoms with Gasteiger partial charge in [-0.1, -0.05) is 145 Å². The van der Waals surface area contributed by atoms with Gasteiger partial charge in [0, 0.05) is 33.9 Å². The number of nitrogens with zero attached hydrogens (tertiary/aromatic N) is 2. The van der Waals surface area contributed by atoms with Crippen LogP contribution in [0.2, 0.25) is 5.82 Å². The van der Waals surface area contributed by atoms with E-state index in [-0.39, 0.29) is 29.0 Å². The van der Waals surface area contributed by atoms with Gasteiger partial charge in [-0.25, -0.2) is 0 Å². The lowest BCUT2D eigenvalue weighted by Gasteiger charge is -2.47. The van der Waals surface area contributed by atoms with Gasteiger partial charge in [0.15, 0.2) is 0 Å². The van der Waals surface area contributed by atoms with Crippen molar-refractivity contribution in [3.8, 4) is 0 Å². The Morgan fingerprint density at radius 1 is 0.660 bits per heavy atom. The Bertz CT molecular complexity index is 2290. The van der Waals surface area contributed by atoms with Gasteiger partial charge in [0.25, 0.3) is 0 Å². The monoisotopic (exact) mass is 690 g/mol. The number of hydrogen-bond acceptors (Lipinski definition) is 2. The largest absolute Gasteiger partial charge is 0.335 e. The summed E-state index contributed by atoms with van der Waals surface area (Å²) in [5.74, 6) is 0.324. The smallest absolute Gasteiger partial charge is 0.219 e. The minimum atomic E-state index is -0.0827. The summed E-state index contributed by atoms with van der Waals surface area (Å²) in [4.78, 5) is 5.11. The lowest BCUT2D eigenvalue weighted by atomic mass is 9.29. The van der Waals surface area contributed by atoms with E-state index in [0.717, 1.165) is 0 Å². The summed E-state index contributed by atoms with van der Waals surface area (Å²) >= 11 is 0. The molecular weight excluding hydrogens is 639 g/mol. The first-order valence-electron chi connectivity index (χ1n) is 19.5. The summed E-state index contributed by atoms with van der Waals surface area (Å²) in [5, 5.41) is 0. The van der Waals surface area contributed by atoms with Crippen LogP contribution in [0.15, 0.2) is 150 Å². The van der Waals surface area contributed by atoms with Crippen molar-refractivity contribution >= 4 is 46.2 Å². The molecule has 0 amide bonds. The van der Waals surface area contributed by atoms with E-state index in [1.807, 2.05) is 0 Å². The maximum absolute atomic E-state index is 2.64. The average molecular weight is 691 g/mol. The second-order valence-electron chi connectivity index (χ2n) is 18.3. The number of allylic oxidation sites excluding steroid dienone is 4. The highest BCUT2D eigenvalue weighted by Gasteiger charge is 2.58. The maximum atomic E-state index is 2.64. The zero-order chi connectivity index (χ0) is 37.0. The summed E-state index contributed by atoms with van der Waals surface area (Å²) in [6.07, 6.45) is 5.04. The summed E-state index contributed by atoms with van der Waals surface area (Å²) in [5.41, 5.74) is 19.1. The third-order valence-corrected chi connectivity index (χ3v) is 12.5. The minimum absolute atomic E-state index is 0.0819. The van der Waals surface area contributed by atoms with Gasteiger partial charge in [0.2, 0.25) is 6.71 Å². The van der Waals surface area contributed by atoms with Gasteiger partial charge in [-0.2, -0.15) is 0 Å². The molecule has 5 aromatic carbocycles. The molecule has 0 saturated carbocycles. The van der Waals surface area contributed by atoms with Crippen LogP contribution < -0.4 is 15.3 Å². The van der Waals surface area contributed by atoms with Gasteiger partial charge in [-0.05, 0) is 117 Å². The van der Waals surface area contributed by atoms with Crippen LogP contribution in [0.3, 0.4) is 0 Å². The molecule has 2 heterocycles. The van der Waals surface area contributed by atoms with Crippen LogP contribution in [0.4, 0.5) is 28.4 Å². The van der Waals surface area contributed by atoms with E-state index in [4.69, 9.17) is 0 Å². The molecular formula is C50H51BN2. The van der Waals surface area contributed by atoms with Gasteiger partial charge >= 0.3 is 0 Å². The molecule has 0 radical (unpaired) electrons. The zero-order valence-electron chi connectivity index (χ0n) is 32.8. The van der Waals surface area contributed by atoms with Gasteiger partial charge in [-0.15, -0.1) is 0 Å². The van der Waals surface area contributed by atoms with Crippen molar-refractivity contribution in [1.82, 2.24) is 0 Å². The fraction of sp³-hybridized carbons (Fsp3) is 0.280. The predicted molar refractivity (Wildman–Crippen MR) is 228 cm³/mol. The Morgan fingerprint density at radius 3 is 1.83 bits per heavy atom. The minimum Gasteiger partial charge on any atom is -0.335 e. The zero-order valence-corrected chi connectivity index (χ0v) is 32.8. The molecule has 2 nitrogen and oxygen atoms in total. The van der Waals surface area contributed by atoms with Crippen molar-refractivity contribution in [2.24, 2.45) is 0 Å². The van der Waals surface area contributed by atoms with E-state index >= 15 is 0 Å². The SMILES string of the molecule is CC1=CC2C3B(C4=C(C3=C1)c1ccccc1C4(C)C)c1cc(N(c3ccc(C(C)(C)C)cc3)c3ccc(C(C)(C)C)cc3)ccc1N2c1ccccc1. The molecule has 2 aliphatic carbocycles. The molecule has 264 valence electrons. The molecule has 0 spiro atoms. The summed E-state index contributed by atoms with van der Waals surface area (Å²) in [6.45, 7) is 21.2. The Kier molecular flexibility index (Phi) is 7.49. The van der Waals surface area contributed by atoms with Gasteiger partial charge in [0.1, 0.15) is 0 Å². The maximum Gasteiger partial charge on any atom is 0.219 e. The van der Waals surface area contributed by atoms with Crippen LogP contribution in [0.25, 0.3) is 5.57 Å². The van der Waals surface area contributed by atoms with Gasteiger partial charge in [-0.3, -0.25) is 0 Å². The number of hydrogen-bond donors (Lipinski definition) is 0. The van der Waals surface area contributed by atoms with Crippen molar-refractivity contribution in [3.63, 3.8) is 0 Å². The number of rotatable bonds is 4. The number of benzene rings is 5. The molecule has 0 N–H and O–H groups in total. The summed E-state index contributed by atoms with van der Waals surface area (Å²) < 4.78 is 0. The molecule has 0 bridgehead atoms. The molecule has 0 saturated heterocycles. The van der Waals surface area contributed by atoms with Crippen LogP contribution in [0.5, 0.6) is 0 Å². The van der Waals surface area contributed by atoms with E-state index < -0.39 is 0 Å². The highest BCUT2D eigenvalue weighted by Crippen LogP contribution is 2.62. The fourth-order valence-corrected chi connectivity index (χ4v) is 9.91. The first kappa shape index (κ1) is 33.8. The average Bonchev–Trinajstić information content (AvgIpc) is 3.59. The Balaban J connectivity index is 1.28. The highest BCUT2D eigenvalue weighted by molar-refractivity contribution is 6.87. The third kappa shape index (κ3) is 5.22. The van der Waals surface area contributed by atoms with Gasteiger partial charge < -0.3 is 9.80 Å². The topological polar surface area (TPSA) is 6.48 Å². The Labute approximate surface area is 317 Å². The van der Waals surface area contributed by atoms with E-state index in [2.05, 4.69) is 206 Å². The molecule has 0 aromatic heterocycles. The second kappa shape index (κ2) is 11.7. The standard InChI is InChI=1S/C50H51BN2/c1-32-29-40-45-39-17-13-14-18-41(39)50(8,9)47(45)51-42-31-38(27-28-43(42)53(44(30-32)46(40)51)35-15-11-10-12-16-35)52(36-23-19-33(20-24-36)48(2,3)4)37-25-21-34(22-26-37)49(5,6)7/h10-31,44,46H,1-9H3. The molecule has 53 heavy (non-hydrogen) atoms. The lowest BCUT2D eigenvalue weighted by Crippen LogP contribution is -2.55. The van der Waals surface area contributed by atoms with Crippen molar-refractivity contribution in [2.45, 2.75) is 90.4 Å². The second-order valence-corrected chi connectivity index (χ2v) is 18.3. The van der Waals surface area contributed by atoms with Crippen molar-refractivity contribution in [3.05, 3.63) is 172 Å². The van der Waals surface area contributed by atoms with Gasteiger partial charge in [0.05, 0.1) is 6.04 Å². The number of para-hydroxylation sites is 1. The van der Waals surface area contributed by atoms with Crippen LogP contribution in [-0.2, 0) is 16.2 Å². The van der Waals surface area contributed by atoms with E-state index in [9.17, 15) is 0 Å². The number of anilines is 5. The number of fused-ring (bicyclic) bond motifs is 6. The van der Waals surface area contributed by atoms with Crippen molar-refractivity contribution in [1.29, 1.82) is 0 Å². The fourth-order valence-electron chi connectivity index (χ4n) is 9.91. The molecule has 9 rings (SSSR count). The molecule has 3 heteroatoms. The van der Waals surface area contributed by atoms with Crippen LogP contribution in [0.1, 0.15) is 84.6 Å². The Hall–Kier alpha value is -5.02. The van der Waals surface area contributed by atoms with Crippen LogP contribution in [-0.4, -0.2) is 12.8 Å². The first-order chi connectivity index (χ1) is 25.2. The molecule has 5 aromatic rings. The molecule has 4 aliphatic rings.